The molecule has 3 rings (SSSR count). The summed E-state index contributed by atoms with van der Waals surface area (Å²) in [5, 5.41) is 3.03. The van der Waals surface area contributed by atoms with Gasteiger partial charge in [0.25, 0.3) is 0 Å². The number of imidazole rings is 1. The molecular formula is C18H22IN5O2. The summed E-state index contributed by atoms with van der Waals surface area (Å²) in [7, 11) is 3.18. The van der Waals surface area contributed by atoms with Gasteiger partial charge in [-0.3, -0.25) is 0 Å². The highest BCUT2D eigenvalue weighted by molar-refractivity contribution is 14.0. The van der Waals surface area contributed by atoms with Crippen LogP contribution in [-0.2, 0) is 6.54 Å². The number of fused-ring (bicyclic) bond motifs is 1. The number of hydrogen-bond donors (Lipinski definition) is 3. The molecule has 0 radical (unpaired) electrons. The molecule has 0 aliphatic rings. The van der Waals surface area contributed by atoms with Crippen LogP contribution in [0.15, 0.2) is 41.4 Å². The Morgan fingerprint density at radius 3 is 2.65 bits per heavy atom. The number of nitrogens with two attached hydrogens (primary N) is 1. The van der Waals surface area contributed by atoms with Crippen molar-refractivity contribution in [2.75, 3.05) is 19.5 Å². The van der Waals surface area contributed by atoms with E-state index in [1.165, 1.54) is 0 Å². The van der Waals surface area contributed by atoms with E-state index in [0.717, 1.165) is 28.1 Å². The quantitative estimate of drug-likeness (QED) is 0.304. The minimum atomic E-state index is 0. The van der Waals surface area contributed by atoms with Crippen LogP contribution in [0.25, 0.3) is 11.0 Å². The van der Waals surface area contributed by atoms with Gasteiger partial charge in [0, 0.05) is 11.8 Å². The number of nitrogens with zero attached hydrogens (tertiary/aromatic N) is 2. The van der Waals surface area contributed by atoms with Crippen LogP contribution in [-0.4, -0.2) is 30.1 Å². The molecule has 0 atom stereocenters. The summed E-state index contributed by atoms with van der Waals surface area (Å²) in [6, 6.07) is 11.5. The molecule has 3 aromatic rings. The third kappa shape index (κ3) is 4.37. The lowest BCUT2D eigenvalue weighted by molar-refractivity contribution is 0.355. The number of ether oxygens (including phenoxy) is 2. The van der Waals surface area contributed by atoms with Gasteiger partial charge in [0.2, 0.25) is 0 Å². The van der Waals surface area contributed by atoms with Crippen molar-refractivity contribution in [1.29, 1.82) is 0 Å². The van der Waals surface area contributed by atoms with E-state index in [1.54, 1.807) is 26.4 Å². The maximum Gasteiger partial charge on any atom is 0.193 e. The first-order valence-corrected chi connectivity index (χ1v) is 7.84. The highest BCUT2D eigenvalue weighted by atomic mass is 127. The summed E-state index contributed by atoms with van der Waals surface area (Å²) in [4.78, 5) is 12.1. The van der Waals surface area contributed by atoms with E-state index in [4.69, 9.17) is 15.2 Å². The molecule has 0 aliphatic heterocycles. The summed E-state index contributed by atoms with van der Waals surface area (Å²) in [5.41, 5.74) is 9.81. The number of benzene rings is 2. The first-order valence-electron chi connectivity index (χ1n) is 7.84. The summed E-state index contributed by atoms with van der Waals surface area (Å²) in [6.07, 6.45) is 0. The van der Waals surface area contributed by atoms with Crippen LogP contribution in [0.4, 0.5) is 5.69 Å². The van der Waals surface area contributed by atoms with Crippen molar-refractivity contribution in [3.05, 3.63) is 47.8 Å². The number of hydrogen-bond acceptors (Lipinski definition) is 4. The van der Waals surface area contributed by atoms with Crippen molar-refractivity contribution in [3.8, 4) is 11.5 Å². The van der Waals surface area contributed by atoms with Crippen molar-refractivity contribution in [3.63, 3.8) is 0 Å². The van der Waals surface area contributed by atoms with Gasteiger partial charge in [-0.1, -0.05) is 12.1 Å². The van der Waals surface area contributed by atoms with Crippen LogP contribution in [0.5, 0.6) is 11.5 Å². The molecule has 0 aliphatic carbocycles. The van der Waals surface area contributed by atoms with Gasteiger partial charge >= 0.3 is 0 Å². The van der Waals surface area contributed by atoms with Crippen molar-refractivity contribution in [2.24, 2.45) is 10.7 Å². The average Bonchev–Trinajstić information content (AvgIpc) is 3.04. The van der Waals surface area contributed by atoms with Gasteiger partial charge in [0.1, 0.15) is 12.4 Å². The second kappa shape index (κ2) is 8.75. The van der Waals surface area contributed by atoms with Gasteiger partial charge in [0.15, 0.2) is 17.5 Å². The van der Waals surface area contributed by atoms with Gasteiger partial charge in [-0.25, -0.2) is 9.98 Å². The molecule has 7 nitrogen and oxygen atoms in total. The highest BCUT2D eigenvalue weighted by Crippen LogP contribution is 2.29. The lowest BCUT2D eigenvalue weighted by Crippen LogP contribution is -2.22. The lowest BCUT2D eigenvalue weighted by atomic mass is 10.2. The summed E-state index contributed by atoms with van der Waals surface area (Å²) >= 11 is 0. The fourth-order valence-electron chi connectivity index (χ4n) is 2.56. The zero-order chi connectivity index (χ0) is 17.8. The number of aromatic nitrogens is 2. The molecule has 0 saturated heterocycles. The van der Waals surface area contributed by atoms with E-state index in [2.05, 4.69) is 20.3 Å². The Hall–Kier alpha value is -2.49. The summed E-state index contributed by atoms with van der Waals surface area (Å²) < 4.78 is 10.5. The molecule has 0 saturated carbocycles. The van der Waals surface area contributed by atoms with Crippen molar-refractivity contribution < 1.29 is 9.47 Å². The number of aromatic amines is 1. The Morgan fingerprint density at radius 2 is 1.96 bits per heavy atom. The molecule has 0 bridgehead atoms. The SMILES string of the molecule is COc1ccc(NC(N)=NCc2nc3c(C)cccc3[nH]2)cc1OC.I. The Bertz CT molecular complexity index is 923. The van der Waals surface area contributed by atoms with Crippen LogP contribution >= 0.6 is 24.0 Å². The predicted octanol–water partition coefficient (Wildman–Crippen LogP) is 3.43. The van der Waals surface area contributed by atoms with Crippen LogP contribution in [0, 0.1) is 6.92 Å². The molecule has 0 spiro atoms. The third-order valence-corrected chi connectivity index (χ3v) is 3.82. The maximum absolute atomic E-state index is 5.96. The van der Waals surface area contributed by atoms with Gasteiger partial charge in [-0.15, -0.1) is 24.0 Å². The standard InChI is InChI=1S/C18H21N5O2.HI/c1-11-5-4-6-13-17(11)23-16(22-13)10-20-18(19)21-12-7-8-14(24-2)15(9-12)25-3;/h4-9H,10H2,1-3H3,(H,22,23)(H3,19,20,21);1H. The van der Waals surface area contributed by atoms with Crippen LogP contribution in [0.2, 0.25) is 0 Å². The first-order chi connectivity index (χ1) is 12.1. The number of rotatable bonds is 5. The number of halogens is 1. The number of nitrogens with one attached hydrogen (secondary N) is 2. The topological polar surface area (TPSA) is 97.5 Å². The number of para-hydroxylation sites is 1. The van der Waals surface area contributed by atoms with Gasteiger partial charge in [-0.2, -0.15) is 0 Å². The largest absolute Gasteiger partial charge is 0.493 e. The van der Waals surface area contributed by atoms with E-state index in [-0.39, 0.29) is 24.0 Å². The minimum absolute atomic E-state index is 0. The Kier molecular flexibility index (Phi) is 6.67. The molecule has 0 unspecified atom stereocenters. The van der Waals surface area contributed by atoms with Gasteiger partial charge in [-0.05, 0) is 30.7 Å². The Balaban J connectivity index is 0.00000243. The molecule has 2 aromatic carbocycles. The number of guanidine groups is 1. The maximum atomic E-state index is 5.96. The molecule has 0 fully saturated rings. The molecule has 4 N–H and O–H groups in total. The Labute approximate surface area is 169 Å². The molecule has 1 aromatic heterocycles. The predicted molar refractivity (Wildman–Crippen MR) is 115 cm³/mol. The van der Waals surface area contributed by atoms with Gasteiger partial charge in [0.05, 0.1) is 25.3 Å². The smallest absolute Gasteiger partial charge is 0.193 e. The zero-order valence-corrected chi connectivity index (χ0v) is 17.2. The van der Waals surface area contributed by atoms with Gasteiger partial charge < -0.3 is 25.5 Å². The monoisotopic (exact) mass is 467 g/mol. The van der Waals surface area contributed by atoms with E-state index >= 15 is 0 Å². The number of methoxy groups -OCH3 is 2. The fourth-order valence-corrected chi connectivity index (χ4v) is 2.56. The molecular weight excluding hydrogens is 445 g/mol. The van der Waals surface area contributed by atoms with E-state index in [0.29, 0.717) is 24.0 Å². The molecule has 0 amide bonds. The molecule has 26 heavy (non-hydrogen) atoms. The summed E-state index contributed by atoms with van der Waals surface area (Å²) in [5.74, 6) is 2.33. The first kappa shape index (κ1) is 19.8. The zero-order valence-electron chi connectivity index (χ0n) is 14.9. The molecule has 1 heterocycles. The Morgan fingerprint density at radius 1 is 1.19 bits per heavy atom. The molecule has 8 heteroatoms. The third-order valence-electron chi connectivity index (χ3n) is 3.82. The molecule has 138 valence electrons. The van der Waals surface area contributed by atoms with Crippen molar-refractivity contribution >= 4 is 46.7 Å². The number of anilines is 1. The number of aryl methyl sites for hydroxylation is 1. The van der Waals surface area contributed by atoms with Crippen LogP contribution in [0.1, 0.15) is 11.4 Å². The lowest BCUT2D eigenvalue weighted by Gasteiger charge is -2.10. The minimum Gasteiger partial charge on any atom is -0.493 e. The second-order valence-electron chi connectivity index (χ2n) is 5.55. The number of aliphatic imine (C=N–C) groups is 1. The average molecular weight is 467 g/mol. The number of H-pyrrole nitrogens is 1. The van der Waals surface area contributed by atoms with Crippen LogP contribution < -0.4 is 20.5 Å². The fraction of sp³-hybridized carbons (Fsp3) is 0.222. The van der Waals surface area contributed by atoms with E-state index in [9.17, 15) is 0 Å². The second-order valence-corrected chi connectivity index (χ2v) is 5.55. The van der Waals surface area contributed by atoms with Crippen molar-refractivity contribution in [1.82, 2.24) is 9.97 Å². The van der Waals surface area contributed by atoms with Crippen molar-refractivity contribution in [2.45, 2.75) is 13.5 Å². The highest BCUT2D eigenvalue weighted by Gasteiger charge is 2.06. The van der Waals surface area contributed by atoms with E-state index in [1.807, 2.05) is 31.2 Å². The van der Waals surface area contributed by atoms with E-state index < -0.39 is 0 Å². The van der Waals surface area contributed by atoms with Crippen LogP contribution in [0.3, 0.4) is 0 Å². The normalized spacial score (nSPS) is 11.1. The summed E-state index contributed by atoms with van der Waals surface area (Å²) in [6.45, 7) is 2.39.